The molecule has 0 radical (unpaired) electrons. The van der Waals surface area contributed by atoms with Gasteiger partial charge in [0, 0.05) is 19.4 Å². The maximum atomic E-state index is 12.0. The van der Waals surface area contributed by atoms with Crippen LogP contribution in [-0.2, 0) is 9.59 Å². The van der Waals surface area contributed by atoms with Crippen molar-refractivity contribution in [3.05, 3.63) is 12.2 Å². The Morgan fingerprint density at radius 2 is 2.18 bits per heavy atom. The van der Waals surface area contributed by atoms with E-state index in [1.54, 1.807) is 0 Å². The summed E-state index contributed by atoms with van der Waals surface area (Å²) in [7, 11) is 0. The lowest BCUT2D eigenvalue weighted by Crippen LogP contribution is -2.41. The first kappa shape index (κ1) is 12.1. The molecule has 0 aromatic rings. The van der Waals surface area contributed by atoms with E-state index in [-0.39, 0.29) is 24.8 Å². The lowest BCUT2D eigenvalue weighted by Gasteiger charge is -2.22. The number of carboxylic acid groups (broad SMARTS) is 1. The molecule has 2 aliphatic rings. The molecule has 0 aromatic heterocycles. The SMILES string of the molecule is O=C(O)[C@@H]1CC(O)CN1C(=O)CC1C=CCC1. The molecule has 1 aliphatic carbocycles. The number of aliphatic hydroxyl groups is 1. The van der Waals surface area contributed by atoms with Crippen LogP contribution in [0.5, 0.6) is 0 Å². The first-order valence-electron chi connectivity index (χ1n) is 5.95. The van der Waals surface area contributed by atoms with Crippen molar-refractivity contribution in [2.75, 3.05) is 6.54 Å². The number of aliphatic hydroxyl groups excluding tert-OH is 1. The zero-order chi connectivity index (χ0) is 12.4. The Bertz CT molecular complexity index is 352. The van der Waals surface area contributed by atoms with E-state index < -0.39 is 18.1 Å². The molecule has 0 spiro atoms. The number of hydrogen-bond acceptors (Lipinski definition) is 3. The van der Waals surface area contributed by atoms with Gasteiger partial charge in [0.1, 0.15) is 6.04 Å². The lowest BCUT2D eigenvalue weighted by atomic mass is 10.0. The quantitative estimate of drug-likeness (QED) is 0.698. The Labute approximate surface area is 99.7 Å². The van der Waals surface area contributed by atoms with E-state index in [1.807, 2.05) is 12.2 Å². The molecular formula is C12H17NO4. The minimum atomic E-state index is -1.03. The minimum absolute atomic E-state index is 0.140. The van der Waals surface area contributed by atoms with Crippen molar-refractivity contribution in [2.45, 2.75) is 37.8 Å². The topological polar surface area (TPSA) is 77.8 Å². The Balaban J connectivity index is 1.97. The van der Waals surface area contributed by atoms with Gasteiger partial charge in [0.05, 0.1) is 6.10 Å². The fraction of sp³-hybridized carbons (Fsp3) is 0.667. The van der Waals surface area contributed by atoms with E-state index >= 15 is 0 Å². The summed E-state index contributed by atoms with van der Waals surface area (Å²) >= 11 is 0. The molecule has 17 heavy (non-hydrogen) atoms. The molecule has 1 aliphatic heterocycles. The van der Waals surface area contributed by atoms with Crippen molar-refractivity contribution < 1.29 is 19.8 Å². The highest BCUT2D eigenvalue weighted by Crippen LogP contribution is 2.25. The molecule has 1 heterocycles. The zero-order valence-corrected chi connectivity index (χ0v) is 9.58. The second-order valence-corrected chi connectivity index (χ2v) is 4.76. The van der Waals surface area contributed by atoms with Crippen molar-refractivity contribution >= 4 is 11.9 Å². The van der Waals surface area contributed by atoms with Gasteiger partial charge in [-0.3, -0.25) is 4.79 Å². The number of carbonyl (C=O) groups is 2. The number of allylic oxidation sites excluding steroid dienone is 2. The van der Waals surface area contributed by atoms with Crippen LogP contribution in [0.3, 0.4) is 0 Å². The van der Waals surface area contributed by atoms with Crippen LogP contribution in [0.4, 0.5) is 0 Å². The van der Waals surface area contributed by atoms with E-state index in [0.29, 0.717) is 6.42 Å². The van der Waals surface area contributed by atoms with Gasteiger partial charge < -0.3 is 15.1 Å². The molecule has 2 unspecified atom stereocenters. The second-order valence-electron chi connectivity index (χ2n) is 4.76. The fourth-order valence-electron chi connectivity index (χ4n) is 2.53. The van der Waals surface area contributed by atoms with Gasteiger partial charge in [-0.1, -0.05) is 12.2 Å². The average Bonchev–Trinajstić information content (AvgIpc) is 2.86. The van der Waals surface area contributed by atoms with Crippen molar-refractivity contribution in [1.82, 2.24) is 4.90 Å². The number of amides is 1. The van der Waals surface area contributed by atoms with Crippen molar-refractivity contribution in [3.63, 3.8) is 0 Å². The van der Waals surface area contributed by atoms with Gasteiger partial charge in [-0.05, 0) is 18.8 Å². The normalized spacial score (nSPS) is 32.1. The van der Waals surface area contributed by atoms with Crippen molar-refractivity contribution in [2.24, 2.45) is 5.92 Å². The highest BCUT2D eigenvalue weighted by atomic mass is 16.4. The largest absolute Gasteiger partial charge is 0.480 e. The van der Waals surface area contributed by atoms with Crippen LogP contribution in [0.15, 0.2) is 12.2 Å². The summed E-state index contributed by atoms with van der Waals surface area (Å²) in [5.41, 5.74) is 0. The summed E-state index contributed by atoms with van der Waals surface area (Å²) in [5, 5.41) is 18.4. The number of carbonyl (C=O) groups excluding carboxylic acids is 1. The Morgan fingerprint density at radius 1 is 1.41 bits per heavy atom. The summed E-state index contributed by atoms with van der Waals surface area (Å²) in [6.07, 6.45) is 5.79. The predicted octanol–water partition coefficient (Wildman–Crippen LogP) is 0.389. The van der Waals surface area contributed by atoms with Gasteiger partial charge in [-0.25, -0.2) is 4.79 Å². The van der Waals surface area contributed by atoms with Gasteiger partial charge in [0.15, 0.2) is 0 Å². The van der Waals surface area contributed by atoms with Gasteiger partial charge in [-0.15, -0.1) is 0 Å². The third kappa shape index (κ3) is 2.66. The van der Waals surface area contributed by atoms with Crippen LogP contribution < -0.4 is 0 Å². The van der Waals surface area contributed by atoms with E-state index in [1.165, 1.54) is 4.90 Å². The number of rotatable bonds is 3. The molecule has 0 aromatic carbocycles. The van der Waals surface area contributed by atoms with E-state index in [2.05, 4.69) is 0 Å². The Hall–Kier alpha value is -1.36. The van der Waals surface area contributed by atoms with E-state index in [9.17, 15) is 14.7 Å². The molecule has 5 nitrogen and oxygen atoms in total. The summed E-state index contributed by atoms with van der Waals surface area (Å²) in [6, 6.07) is -0.858. The number of aliphatic carboxylic acids is 1. The van der Waals surface area contributed by atoms with E-state index in [0.717, 1.165) is 12.8 Å². The number of carboxylic acids is 1. The van der Waals surface area contributed by atoms with Crippen LogP contribution >= 0.6 is 0 Å². The van der Waals surface area contributed by atoms with Gasteiger partial charge in [0.2, 0.25) is 5.91 Å². The van der Waals surface area contributed by atoms with Crippen LogP contribution in [0.25, 0.3) is 0 Å². The molecule has 0 bridgehead atoms. The molecule has 5 heteroatoms. The highest BCUT2D eigenvalue weighted by molar-refractivity contribution is 5.84. The standard InChI is InChI=1S/C12H17NO4/c14-9-6-10(12(16)17)13(7-9)11(15)5-8-3-1-2-4-8/h1,3,8-10,14H,2,4-7H2,(H,16,17)/t8?,9?,10-/m0/s1. The maximum Gasteiger partial charge on any atom is 0.326 e. The third-order valence-electron chi connectivity index (χ3n) is 3.43. The van der Waals surface area contributed by atoms with Crippen LogP contribution in [0, 0.1) is 5.92 Å². The van der Waals surface area contributed by atoms with E-state index in [4.69, 9.17) is 5.11 Å². The maximum absolute atomic E-state index is 12.0. The molecular weight excluding hydrogens is 222 g/mol. The number of nitrogens with zero attached hydrogens (tertiary/aromatic N) is 1. The summed E-state index contributed by atoms with van der Waals surface area (Å²) in [5.74, 6) is -0.961. The van der Waals surface area contributed by atoms with Gasteiger partial charge >= 0.3 is 5.97 Å². The molecule has 1 saturated heterocycles. The first-order valence-corrected chi connectivity index (χ1v) is 5.95. The van der Waals surface area contributed by atoms with Crippen LogP contribution in [-0.4, -0.2) is 45.7 Å². The molecule has 1 fully saturated rings. The molecule has 94 valence electrons. The lowest BCUT2D eigenvalue weighted by molar-refractivity contribution is -0.148. The van der Waals surface area contributed by atoms with Gasteiger partial charge in [-0.2, -0.15) is 0 Å². The highest BCUT2D eigenvalue weighted by Gasteiger charge is 2.39. The smallest absolute Gasteiger partial charge is 0.326 e. The van der Waals surface area contributed by atoms with Crippen LogP contribution in [0.2, 0.25) is 0 Å². The molecule has 3 atom stereocenters. The fourth-order valence-corrected chi connectivity index (χ4v) is 2.53. The van der Waals surface area contributed by atoms with Crippen LogP contribution in [0.1, 0.15) is 25.7 Å². The molecule has 2 N–H and O–H groups in total. The summed E-state index contributed by atoms with van der Waals surface area (Å²) < 4.78 is 0. The number of β-amino-alcohol motifs (C(OH)–C–C–N with tert-alkyl or cyclic N) is 1. The summed E-state index contributed by atoms with van der Waals surface area (Å²) in [4.78, 5) is 24.3. The van der Waals surface area contributed by atoms with Crippen molar-refractivity contribution in [3.8, 4) is 0 Å². The monoisotopic (exact) mass is 239 g/mol. The average molecular weight is 239 g/mol. The predicted molar refractivity (Wildman–Crippen MR) is 60.2 cm³/mol. The first-order chi connectivity index (χ1) is 8.08. The number of likely N-dealkylation sites (tertiary alicyclic amines) is 1. The minimum Gasteiger partial charge on any atom is -0.480 e. The molecule has 1 amide bonds. The van der Waals surface area contributed by atoms with Gasteiger partial charge in [0.25, 0.3) is 0 Å². The Morgan fingerprint density at radius 3 is 2.76 bits per heavy atom. The van der Waals surface area contributed by atoms with Crippen molar-refractivity contribution in [1.29, 1.82) is 0 Å². The molecule has 0 saturated carbocycles. The Kier molecular flexibility index (Phi) is 3.47. The summed E-state index contributed by atoms with van der Waals surface area (Å²) in [6.45, 7) is 0.145. The number of hydrogen-bond donors (Lipinski definition) is 2. The molecule has 2 rings (SSSR count). The third-order valence-corrected chi connectivity index (χ3v) is 3.43. The second kappa shape index (κ2) is 4.87. The zero-order valence-electron chi connectivity index (χ0n) is 9.58.